The van der Waals surface area contributed by atoms with Crippen molar-refractivity contribution >= 4 is 39.4 Å². The third-order valence-corrected chi connectivity index (χ3v) is 5.14. The molecule has 0 aliphatic heterocycles. The van der Waals surface area contributed by atoms with E-state index < -0.39 is 0 Å². The van der Waals surface area contributed by atoms with E-state index in [1.54, 1.807) is 37.5 Å². The standard InChI is InChI=1S/C24H20BrClO3/c1-16-13-21(26)9-12-23(16)29-15-19-14-17(4-11-24(19)28-2)3-10-22(27)18-5-7-20(25)8-6-18/h3-14H,15H2,1-2H3/b10-3+. The molecule has 0 aliphatic carbocycles. The van der Waals surface area contributed by atoms with E-state index in [4.69, 9.17) is 21.1 Å². The van der Waals surface area contributed by atoms with Gasteiger partial charge in [0.2, 0.25) is 0 Å². The second kappa shape index (κ2) is 9.77. The van der Waals surface area contributed by atoms with Crippen LogP contribution in [0.2, 0.25) is 5.02 Å². The molecule has 3 aromatic carbocycles. The highest BCUT2D eigenvalue weighted by atomic mass is 79.9. The maximum absolute atomic E-state index is 12.4. The quantitative estimate of drug-likeness (QED) is 0.278. The van der Waals surface area contributed by atoms with Crippen molar-refractivity contribution in [2.45, 2.75) is 13.5 Å². The zero-order chi connectivity index (χ0) is 20.8. The van der Waals surface area contributed by atoms with Crippen LogP contribution in [0.3, 0.4) is 0 Å². The van der Waals surface area contributed by atoms with Crippen LogP contribution in [0.15, 0.2) is 71.2 Å². The Kier molecular flexibility index (Phi) is 7.13. The fourth-order valence-corrected chi connectivity index (χ4v) is 3.32. The lowest BCUT2D eigenvalue weighted by molar-refractivity contribution is 0.104. The second-order valence-electron chi connectivity index (χ2n) is 6.47. The molecule has 148 valence electrons. The maximum Gasteiger partial charge on any atom is 0.185 e. The Balaban J connectivity index is 1.75. The SMILES string of the molecule is COc1ccc(/C=C/C(=O)c2ccc(Br)cc2)cc1COc1ccc(Cl)cc1C. The van der Waals surface area contributed by atoms with Gasteiger partial charge in [-0.2, -0.15) is 0 Å². The number of benzene rings is 3. The van der Waals surface area contributed by atoms with Crippen molar-refractivity contribution in [2.75, 3.05) is 7.11 Å². The van der Waals surface area contributed by atoms with Gasteiger partial charge < -0.3 is 9.47 Å². The Labute approximate surface area is 184 Å². The molecule has 0 N–H and O–H groups in total. The molecule has 0 radical (unpaired) electrons. The van der Waals surface area contributed by atoms with Crippen LogP contribution in [0.4, 0.5) is 0 Å². The molecule has 3 nitrogen and oxygen atoms in total. The number of carbonyl (C=O) groups excluding carboxylic acids is 1. The number of hydrogen-bond donors (Lipinski definition) is 0. The summed E-state index contributed by atoms with van der Waals surface area (Å²) in [5.74, 6) is 1.44. The summed E-state index contributed by atoms with van der Waals surface area (Å²) in [6.07, 6.45) is 3.36. The van der Waals surface area contributed by atoms with Crippen LogP contribution >= 0.6 is 27.5 Å². The highest BCUT2D eigenvalue weighted by molar-refractivity contribution is 9.10. The highest BCUT2D eigenvalue weighted by Crippen LogP contribution is 2.26. The minimum absolute atomic E-state index is 0.0529. The van der Waals surface area contributed by atoms with E-state index >= 15 is 0 Å². The molecule has 0 unspecified atom stereocenters. The molecule has 3 aromatic rings. The number of hydrogen-bond acceptors (Lipinski definition) is 3. The molecule has 0 saturated carbocycles. The molecule has 0 fully saturated rings. The summed E-state index contributed by atoms with van der Waals surface area (Å²) in [5.41, 5.74) is 3.38. The average Bonchev–Trinajstić information content (AvgIpc) is 2.72. The van der Waals surface area contributed by atoms with Crippen molar-refractivity contribution in [2.24, 2.45) is 0 Å². The van der Waals surface area contributed by atoms with Gasteiger partial charge in [0.05, 0.1) is 7.11 Å². The molecule has 0 saturated heterocycles. The van der Waals surface area contributed by atoms with Crippen LogP contribution in [0.25, 0.3) is 6.08 Å². The Hall–Kier alpha value is -2.56. The third-order valence-electron chi connectivity index (χ3n) is 4.38. The summed E-state index contributed by atoms with van der Waals surface area (Å²) >= 11 is 9.37. The third kappa shape index (κ3) is 5.72. The van der Waals surface area contributed by atoms with Crippen LogP contribution in [-0.4, -0.2) is 12.9 Å². The first-order valence-electron chi connectivity index (χ1n) is 9.00. The zero-order valence-electron chi connectivity index (χ0n) is 16.1. The summed E-state index contributed by atoms with van der Waals surface area (Å²) in [4.78, 5) is 12.4. The molecular weight excluding hydrogens is 452 g/mol. The summed E-state index contributed by atoms with van der Waals surface area (Å²) in [5, 5.41) is 0.676. The Bertz CT molecular complexity index is 1040. The van der Waals surface area contributed by atoms with Gasteiger partial charge in [0.25, 0.3) is 0 Å². The number of ether oxygens (including phenoxy) is 2. The van der Waals surface area contributed by atoms with Gasteiger partial charge in [0, 0.05) is 20.6 Å². The molecule has 0 aliphatic rings. The summed E-state index contributed by atoms with van der Waals surface area (Å²) in [7, 11) is 1.62. The summed E-state index contributed by atoms with van der Waals surface area (Å²) < 4.78 is 12.3. The van der Waals surface area contributed by atoms with Crippen molar-refractivity contribution in [1.82, 2.24) is 0 Å². The number of carbonyl (C=O) groups is 1. The highest BCUT2D eigenvalue weighted by Gasteiger charge is 2.07. The average molecular weight is 472 g/mol. The summed E-state index contributed by atoms with van der Waals surface area (Å²) in [6.45, 7) is 2.29. The minimum Gasteiger partial charge on any atom is -0.496 e. The summed E-state index contributed by atoms with van der Waals surface area (Å²) in [6, 6.07) is 18.5. The van der Waals surface area contributed by atoms with Crippen LogP contribution < -0.4 is 9.47 Å². The largest absolute Gasteiger partial charge is 0.496 e. The van der Waals surface area contributed by atoms with Gasteiger partial charge in [-0.05, 0) is 78.7 Å². The van der Waals surface area contributed by atoms with Crippen molar-refractivity contribution in [3.63, 3.8) is 0 Å². The second-order valence-corrected chi connectivity index (χ2v) is 7.83. The molecular formula is C24H20BrClO3. The van der Waals surface area contributed by atoms with E-state index in [2.05, 4.69) is 15.9 Å². The van der Waals surface area contributed by atoms with Crippen LogP contribution in [0.5, 0.6) is 11.5 Å². The monoisotopic (exact) mass is 470 g/mol. The fraction of sp³-hybridized carbons (Fsp3) is 0.125. The molecule has 0 aromatic heterocycles. The zero-order valence-corrected chi connectivity index (χ0v) is 18.5. The van der Waals surface area contributed by atoms with E-state index in [-0.39, 0.29) is 5.78 Å². The maximum atomic E-state index is 12.4. The number of rotatable bonds is 7. The molecule has 5 heteroatoms. The lowest BCUT2D eigenvalue weighted by Crippen LogP contribution is -2.00. The first-order valence-corrected chi connectivity index (χ1v) is 10.2. The number of ketones is 1. The van der Waals surface area contributed by atoms with E-state index in [0.717, 1.165) is 32.7 Å². The first kappa shape index (κ1) is 21.2. The Morgan fingerprint density at radius 2 is 1.76 bits per heavy atom. The smallest absolute Gasteiger partial charge is 0.185 e. The number of halogens is 2. The number of aryl methyl sites for hydroxylation is 1. The molecule has 0 spiro atoms. The van der Waals surface area contributed by atoms with Crippen molar-refractivity contribution in [3.05, 3.63) is 98.5 Å². The van der Waals surface area contributed by atoms with Gasteiger partial charge >= 0.3 is 0 Å². The van der Waals surface area contributed by atoms with Crippen LogP contribution in [0.1, 0.15) is 27.0 Å². The van der Waals surface area contributed by atoms with E-state index in [1.807, 2.05) is 49.4 Å². The molecule has 0 heterocycles. The van der Waals surface area contributed by atoms with E-state index in [1.165, 1.54) is 0 Å². The molecule has 29 heavy (non-hydrogen) atoms. The van der Waals surface area contributed by atoms with Crippen molar-refractivity contribution < 1.29 is 14.3 Å². The van der Waals surface area contributed by atoms with Gasteiger partial charge in [-0.1, -0.05) is 39.7 Å². The normalized spacial score (nSPS) is 10.9. The molecule has 0 atom stereocenters. The van der Waals surface area contributed by atoms with Crippen LogP contribution in [-0.2, 0) is 6.61 Å². The van der Waals surface area contributed by atoms with Gasteiger partial charge in [-0.15, -0.1) is 0 Å². The van der Waals surface area contributed by atoms with Crippen molar-refractivity contribution in [3.8, 4) is 11.5 Å². The Morgan fingerprint density at radius 3 is 2.45 bits per heavy atom. The molecule has 0 bridgehead atoms. The number of allylic oxidation sites excluding steroid dienone is 1. The van der Waals surface area contributed by atoms with Gasteiger partial charge in [-0.3, -0.25) is 4.79 Å². The molecule has 0 amide bonds. The predicted octanol–water partition coefficient (Wildman–Crippen LogP) is 6.89. The predicted molar refractivity (Wildman–Crippen MR) is 121 cm³/mol. The van der Waals surface area contributed by atoms with Gasteiger partial charge in [0.1, 0.15) is 18.1 Å². The van der Waals surface area contributed by atoms with Gasteiger partial charge in [-0.25, -0.2) is 0 Å². The Morgan fingerprint density at radius 1 is 1.03 bits per heavy atom. The van der Waals surface area contributed by atoms with Crippen LogP contribution in [0, 0.1) is 6.92 Å². The lowest BCUT2D eigenvalue weighted by atomic mass is 10.1. The van der Waals surface area contributed by atoms with E-state index in [0.29, 0.717) is 17.2 Å². The number of methoxy groups -OCH3 is 1. The molecule has 3 rings (SSSR count). The van der Waals surface area contributed by atoms with E-state index in [9.17, 15) is 4.79 Å². The first-order chi connectivity index (χ1) is 14.0. The topological polar surface area (TPSA) is 35.5 Å². The minimum atomic E-state index is -0.0529. The lowest BCUT2D eigenvalue weighted by Gasteiger charge is -2.13. The van der Waals surface area contributed by atoms with Gasteiger partial charge in [0.15, 0.2) is 5.78 Å². The van der Waals surface area contributed by atoms with Crippen molar-refractivity contribution in [1.29, 1.82) is 0 Å². The fourth-order valence-electron chi connectivity index (χ4n) is 2.83.